The van der Waals surface area contributed by atoms with Crippen LogP contribution in [0.15, 0.2) is 41.8 Å². The molecular weight excluding hydrogens is 325 g/mol. The minimum atomic E-state index is -0.207. The third-order valence-corrected chi connectivity index (χ3v) is 5.58. The Kier molecular flexibility index (Phi) is 5.56. The molecule has 6 heteroatoms. The van der Waals surface area contributed by atoms with Gasteiger partial charge < -0.3 is 9.88 Å². The van der Waals surface area contributed by atoms with Crippen molar-refractivity contribution >= 4 is 17.7 Å². The molecule has 128 valence electrons. The van der Waals surface area contributed by atoms with Gasteiger partial charge in [-0.25, -0.2) is 9.37 Å². The van der Waals surface area contributed by atoms with E-state index in [4.69, 9.17) is 0 Å². The lowest BCUT2D eigenvalue weighted by Gasteiger charge is -2.21. The first-order valence-corrected chi connectivity index (χ1v) is 9.24. The minimum Gasteiger partial charge on any atom is -0.352 e. The van der Waals surface area contributed by atoms with E-state index in [-0.39, 0.29) is 17.8 Å². The molecular formula is C18H22FN3OS. The molecule has 4 nitrogen and oxygen atoms in total. The molecule has 3 rings (SSSR count). The molecule has 1 aliphatic rings. The summed E-state index contributed by atoms with van der Waals surface area (Å²) >= 11 is 1.45. The topological polar surface area (TPSA) is 46.9 Å². The average molecular weight is 347 g/mol. The number of aryl methyl sites for hydroxylation is 1. The van der Waals surface area contributed by atoms with E-state index in [1.807, 2.05) is 29.9 Å². The SMILES string of the molecule is Cn1ccnc1SCC(=O)N[C@@H]1CCC[C@@H]1Cc1ccc(F)cc1. The molecule has 0 spiro atoms. The second-order valence-electron chi connectivity index (χ2n) is 6.30. The Labute approximate surface area is 145 Å². The molecule has 1 aliphatic carbocycles. The Morgan fingerprint density at radius 3 is 2.88 bits per heavy atom. The highest BCUT2D eigenvalue weighted by Gasteiger charge is 2.28. The number of imidazole rings is 1. The van der Waals surface area contributed by atoms with Crippen molar-refractivity contribution in [2.45, 2.75) is 36.9 Å². The maximum atomic E-state index is 13.0. The van der Waals surface area contributed by atoms with Crippen molar-refractivity contribution in [1.82, 2.24) is 14.9 Å². The number of hydrogen-bond acceptors (Lipinski definition) is 3. The molecule has 2 atom stereocenters. The van der Waals surface area contributed by atoms with Gasteiger partial charge in [0, 0.05) is 25.5 Å². The van der Waals surface area contributed by atoms with Crippen LogP contribution in [0.2, 0.25) is 0 Å². The van der Waals surface area contributed by atoms with E-state index in [0.717, 1.165) is 36.4 Å². The Hall–Kier alpha value is -1.82. The summed E-state index contributed by atoms with van der Waals surface area (Å²) in [5.41, 5.74) is 1.13. The van der Waals surface area contributed by atoms with Crippen LogP contribution in [0.3, 0.4) is 0 Å². The van der Waals surface area contributed by atoms with Gasteiger partial charge in [-0.2, -0.15) is 0 Å². The molecule has 1 fully saturated rings. The van der Waals surface area contributed by atoms with Gasteiger partial charge in [0.25, 0.3) is 0 Å². The highest BCUT2D eigenvalue weighted by Crippen LogP contribution is 2.29. The summed E-state index contributed by atoms with van der Waals surface area (Å²) in [6.07, 6.45) is 7.74. The van der Waals surface area contributed by atoms with Gasteiger partial charge in [0.1, 0.15) is 5.82 Å². The number of thioether (sulfide) groups is 1. The zero-order chi connectivity index (χ0) is 16.9. The summed E-state index contributed by atoms with van der Waals surface area (Å²) in [4.78, 5) is 16.4. The van der Waals surface area contributed by atoms with Crippen molar-refractivity contribution in [3.05, 3.63) is 48.0 Å². The molecule has 1 aromatic heterocycles. The van der Waals surface area contributed by atoms with Gasteiger partial charge in [0.15, 0.2) is 5.16 Å². The molecule has 1 saturated carbocycles. The summed E-state index contributed by atoms with van der Waals surface area (Å²) in [5.74, 6) is 0.655. The highest BCUT2D eigenvalue weighted by molar-refractivity contribution is 7.99. The van der Waals surface area contributed by atoms with Crippen molar-refractivity contribution in [3.8, 4) is 0 Å². The van der Waals surface area contributed by atoms with Gasteiger partial charge in [-0.15, -0.1) is 0 Å². The number of rotatable bonds is 6. The van der Waals surface area contributed by atoms with Gasteiger partial charge in [0.05, 0.1) is 5.75 Å². The Morgan fingerprint density at radius 1 is 1.38 bits per heavy atom. The Morgan fingerprint density at radius 2 is 2.17 bits per heavy atom. The number of halogens is 1. The lowest BCUT2D eigenvalue weighted by atomic mass is 9.94. The van der Waals surface area contributed by atoms with Crippen molar-refractivity contribution in [3.63, 3.8) is 0 Å². The van der Waals surface area contributed by atoms with Crippen LogP contribution in [-0.2, 0) is 18.3 Å². The molecule has 0 aliphatic heterocycles. The van der Waals surface area contributed by atoms with Crippen molar-refractivity contribution in [1.29, 1.82) is 0 Å². The maximum absolute atomic E-state index is 13.0. The van der Waals surface area contributed by atoms with Gasteiger partial charge in [-0.3, -0.25) is 4.79 Å². The zero-order valence-corrected chi connectivity index (χ0v) is 14.6. The second kappa shape index (κ2) is 7.83. The predicted octanol–water partition coefficient (Wildman–Crippen LogP) is 3.18. The maximum Gasteiger partial charge on any atom is 0.230 e. The van der Waals surface area contributed by atoms with Crippen LogP contribution in [0.1, 0.15) is 24.8 Å². The smallest absolute Gasteiger partial charge is 0.230 e. The third-order valence-electron chi connectivity index (χ3n) is 4.53. The van der Waals surface area contributed by atoms with Crippen LogP contribution >= 0.6 is 11.8 Å². The first-order chi connectivity index (χ1) is 11.6. The van der Waals surface area contributed by atoms with Crippen molar-refractivity contribution < 1.29 is 9.18 Å². The van der Waals surface area contributed by atoms with Gasteiger partial charge >= 0.3 is 0 Å². The fourth-order valence-electron chi connectivity index (χ4n) is 3.26. The van der Waals surface area contributed by atoms with E-state index in [1.165, 1.54) is 23.9 Å². The second-order valence-corrected chi connectivity index (χ2v) is 7.25. The van der Waals surface area contributed by atoms with E-state index >= 15 is 0 Å². The Bertz CT molecular complexity index is 686. The lowest BCUT2D eigenvalue weighted by molar-refractivity contribution is -0.119. The number of aromatic nitrogens is 2. The Balaban J connectivity index is 1.50. The zero-order valence-electron chi connectivity index (χ0n) is 13.7. The number of nitrogens with zero attached hydrogens (tertiary/aromatic N) is 2. The summed E-state index contributed by atoms with van der Waals surface area (Å²) in [7, 11) is 1.92. The van der Waals surface area contributed by atoms with Gasteiger partial charge in [-0.05, 0) is 42.9 Å². The van der Waals surface area contributed by atoms with E-state index < -0.39 is 0 Å². The van der Waals surface area contributed by atoms with Crippen LogP contribution in [0.25, 0.3) is 0 Å². The van der Waals surface area contributed by atoms with E-state index in [9.17, 15) is 9.18 Å². The highest BCUT2D eigenvalue weighted by atomic mass is 32.2. The summed E-state index contributed by atoms with van der Waals surface area (Å²) in [6.45, 7) is 0. The molecule has 2 aromatic rings. The number of benzene rings is 1. The molecule has 0 saturated heterocycles. The molecule has 1 N–H and O–H groups in total. The van der Waals surface area contributed by atoms with Gasteiger partial charge in [-0.1, -0.05) is 30.3 Å². The van der Waals surface area contributed by atoms with E-state index in [1.54, 1.807) is 6.20 Å². The number of amides is 1. The fourth-order valence-corrected chi connectivity index (χ4v) is 4.01. The van der Waals surface area contributed by atoms with E-state index in [0.29, 0.717) is 11.7 Å². The monoisotopic (exact) mass is 347 g/mol. The molecule has 24 heavy (non-hydrogen) atoms. The molecule has 1 aromatic carbocycles. The average Bonchev–Trinajstić information content (AvgIpc) is 3.17. The first kappa shape index (κ1) is 17.0. The third kappa shape index (κ3) is 4.38. The lowest BCUT2D eigenvalue weighted by Crippen LogP contribution is -2.39. The molecule has 1 heterocycles. The standard InChI is InChI=1S/C18H22FN3OS/c1-22-10-9-20-18(22)24-12-17(23)21-16-4-2-3-14(16)11-13-5-7-15(19)8-6-13/h5-10,14,16H,2-4,11-12H2,1H3,(H,21,23)/t14-,16-/m1/s1. The van der Waals surface area contributed by atoms with Gasteiger partial charge in [0.2, 0.25) is 5.91 Å². The largest absolute Gasteiger partial charge is 0.352 e. The van der Waals surface area contributed by atoms with E-state index in [2.05, 4.69) is 10.3 Å². The number of nitrogens with one attached hydrogen (secondary N) is 1. The van der Waals surface area contributed by atoms with Crippen LogP contribution in [0.5, 0.6) is 0 Å². The summed E-state index contributed by atoms with van der Waals surface area (Å²) < 4.78 is 14.9. The first-order valence-electron chi connectivity index (χ1n) is 8.26. The normalized spacial score (nSPS) is 20.2. The van der Waals surface area contributed by atoms with Crippen molar-refractivity contribution in [2.24, 2.45) is 13.0 Å². The quantitative estimate of drug-likeness (QED) is 0.817. The number of hydrogen-bond donors (Lipinski definition) is 1. The molecule has 0 radical (unpaired) electrons. The number of carbonyl (C=O) groups is 1. The summed E-state index contributed by atoms with van der Waals surface area (Å²) in [5, 5.41) is 4.02. The molecule has 0 unspecified atom stereocenters. The molecule has 0 bridgehead atoms. The summed E-state index contributed by atoms with van der Waals surface area (Å²) in [6, 6.07) is 6.89. The van der Waals surface area contributed by atoms with Crippen LogP contribution in [0.4, 0.5) is 4.39 Å². The predicted molar refractivity (Wildman–Crippen MR) is 93.3 cm³/mol. The minimum absolute atomic E-state index is 0.0546. The van der Waals surface area contributed by atoms with Crippen molar-refractivity contribution in [2.75, 3.05) is 5.75 Å². The van der Waals surface area contributed by atoms with Crippen LogP contribution < -0.4 is 5.32 Å². The fraction of sp³-hybridized carbons (Fsp3) is 0.444. The molecule has 1 amide bonds. The van der Waals surface area contributed by atoms with Crippen LogP contribution in [-0.4, -0.2) is 27.3 Å². The number of carbonyl (C=O) groups excluding carboxylic acids is 1. The van der Waals surface area contributed by atoms with Crippen LogP contribution in [0, 0.1) is 11.7 Å².